The summed E-state index contributed by atoms with van der Waals surface area (Å²) in [6.07, 6.45) is 6.00. The molecule has 0 bridgehead atoms. The van der Waals surface area contributed by atoms with Crippen LogP contribution in [-0.2, 0) is 0 Å². The van der Waals surface area contributed by atoms with Gasteiger partial charge in [-0.1, -0.05) is 134 Å². The van der Waals surface area contributed by atoms with Crippen molar-refractivity contribution in [2.24, 2.45) is 0 Å². The van der Waals surface area contributed by atoms with E-state index in [0.29, 0.717) is 5.82 Å². The number of hydrogen-bond donors (Lipinski definition) is 0. The summed E-state index contributed by atoms with van der Waals surface area (Å²) in [4.78, 5) is 10.4. The maximum absolute atomic E-state index is 5.26. The van der Waals surface area contributed by atoms with Crippen molar-refractivity contribution in [2.45, 2.75) is 6.92 Å². The summed E-state index contributed by atoms with van der Waals surface area (Å²) in [5, 5.41) is 3.65. The maximum Gasteiger partial charge on any atom is 0.160 e. The number of hydrogen-bond acceptors (Lipinski definition) is 2. The van der Waals surface area contributed by atoms with Gasteiger partial charge in [0.05, 0.1) is 27.9 Å². The lowest BCUT2D eigenvalue weighted by Gasteiger charge is -2.17. The molecule has 3 heterocycles. The van der Waals surface area contributed by atoms with E-state index in [1.54, 1.807) is 0 Å². The molecule has 242 valence electrons. The Morgan fingerprint density at radius 2 is 0.980 bits per heavy atom. The first-order valence-electron chi connectivity index (χ1n) is 17.2. The summed E-state index contributed by atoms with van der Waals surface area (Å²) in [6, 6.07) is 55.5. The number of fused-ring (bicyclic) bond motifs is 4. The monoisotopic (exact) mass is 654 g/mol. The first-order valence-corrected chi connectivity index (χ1v) is 17.2. The van der Waals surface area contributed by atoms with E-state index in [1.165, 1.54) is 21.7 Å². The number of nitrogens with zero attached hydrogens (tertiary/aromatic N) is 4. The summed E-state index contributed by atoms with van der Waals surface area (Å²) >= 11 is 0. The van der Waals surface area contributed by atoms with E-state index in [1.807, 2.05) is 36.4 Å². The highest BCUT2D eigenvalue weighted by Gasteiger charge is 2.19. The SMILES string of the molecule is C=C/C=C\c1c(C)c2ccccc2n1-c1cc(-c2cc(-c3ccccc3)nc(-c3ccccc3)n2)cc(-n2c3ccccc3c3ccccc32)c1. The van der Waals surface area contributed by atoms with E-state index in [2.05, 4.69) is 162 Å². The van der Waals surface area contributed by atoms with E-state index in [9.17, 15) is 0 Å². The lowest BCUT2D eigenvalue weighted by molar-refractivity contribution is 1.08. The fourth-order valence-electron chi connectivity index (χ4n) is 7.33. The lowest BCUT2D eigenvalue weighted by atomic mass is 10.0. The van der Waals surface area contributed by atoms with Crippen LogP contribution in [-0.4, -0.2) is 19.1 Å². The predicted molar refractivity (Wildman–Crippen MR) is 213 cm³/mol. The molecule has 0 saturated heterocycles. The number of allylic oxidation sites excluding steroid dienone is 2. The van der Waals surface area contributed by atoms with Gasteiger partial charge in [-0.05, 0) is 61.0 Å². The van der Waals surface area contributed by atoms with Gasteiger partial charge in [0.1, 0.15) is 0 Å². The fraction of sp³-hybridized carbons (Fsp3) is 0.0213. The van der Waals surface area contributed by atoms with E-state index in [4.69, 9.17) is 9.97 Å². The molecule has 6 aromatic carbocycles. The van der Waals surface area contributed by atoms with Crippen LogP contribution in [0.4, 0.5) is 0 Å². The Balaban J connectivity index is 1.39. The van der Waals surface area contributed by atoms with Crippen molar-refractivity contribution < 1.29 is 0 Å². The fourth-order valence-corrected chi connectivity index (χ4v) is 7.33. The predicted octanol–water partition coefficient (Wildman–Crippen LogP) is 12.0. The molecule has 0 fully saturated rings. The van der Waals surface area contributed by atoms with Crippen LogP contribution in [0.5, 0.6) is 0 Å². The number of aromatic nitrogens is 4. The van der Waals surface area contributed by atoms with Crippen LogP contribution < -0.4 is 0 Å². The average Bonchev–Trinajstić information content (AvgIpc) is 3.69. The summed E-state index contributed by atoms with van der Waals surface area (Å²) in [7, 11) is 0. The first kappa shape index (κ1) is 30.3. The van der Waals surface area contributed by atoms with Gasteiger partial charge in [0, 0.05) is 49.9 Å². The standard InChI is InChI=1S/C47H34N4/c1-3-4-24-43-32(2)38-21-11-14-25-44(38)50(43)36-28-35(29-37(30-36)51-45-26-15-12-22-39(45)40-23-13-16-27-46(40)51)42-31-41(33-17-7-5-8-18-33)48-47(49-42)34-19-9-6-10-20-34/h3-31H,1H2,2H3/b24-4-. The summed E-state index contributed by atoms with van der Waals surface area (Å²) in [6.45, 7) is 6.17. The number of para-hydroxylation sites is 3. The minimum atomic E-state index is 0.688. The Kier molecular flexibility index (Phi) is 7.48. The molecule has 4 nitrogen and oxygen atoms in total. The van der Waals surface area contributed by atoms with Crippen LogP contribution in [0, 0.1) is 6.92 Å². The van der Waals surface area contributed by atoms with Crippen molar-refractivity contribution in [2.75, 3.05) is 0 Å². The van der Waals surface area contributed by atoms with Gasteiger partial charge in [-0.15, -0.1) is 0 Å². The van der Waals surface area contributed by atoms with Gasteiger partial charge < -0.3 is 9.13 Å². The Morgan fingerprint density at radius 1 is 0.490 bits per heavy atom. The van der Waals surface area contributed by atoms with E-state index in [-0.39, 0.29) is 0 Å². The number of rotatable bonds is 7. The molecule has 0 aliphatic rings. The van der Waals surface area contributed by atoms with Crippen molar-refractivity contribution in [3.05, 3.63) is 188 Å². The average molecular weight is 655 g/mol. The first-order chi connectivity index (χ1) is 25.2. The highest BCUT2D eigenvalue weighted by molar-refractivity contribution is 6.09. The molecule has 9 rings (SSSR count). The molecule has 0 spiro atoms. The number of benzene rings is 6. The molecular formula is C47H34N4. The molecule has 0 atom stereocenters. The minimum Gasteiger partial charge on any atom is -0.309 e. The molecular weight excluding hydrogens is 621 g/mol. The molecule has 4 heteroatoms. The van der Waals surface area contributed by atoms with Crippen molar-refractivity contribution in [1.29, 1.82) is 0 Å². The van der Waals surface area contributed by atoms with Gasteiger partial charge in [0.2, 0.25) is 0 Å². The molecule has 0 radical (unpaired) electrons. The smallest absolute Gasteiger partial charge is 0.160 e. The van der Waals surface area contributed by atoms with Gasteiger partial charge in [-0.2, -0.15) is 0 Å². The third-order valence-electron chi connectivity index (χ3n) is 9.69. The topological polar surface area (TPSA) is 35.6 Å². The van der Waals surface area contributed by atoms with Crippen LogP contribution in [0.15, 0.2) is 176 Å². The third kappa shape index (κ3) is 5.25. The normalized spacial score (nSPS) is 11.6. The zero-order valence-electron chi connectivity index (χ0n) is 28.2. The summed E-state index contributed by atoms with van der Waals surface area (Å²) < 4.78 is 4.75. The van der Waals surface area contributed by atoms with Crippen molar-refractivity contribution in [1.82, 2.24) is 19.1 Å². The van der Waals surface area contributed by atoms with Crippen molar-refractivity contribution >= 4 is 38.8 Å². The zero-order valence-corrected chi connectivity index (χ0v) is 28.2. The van der Waals surface area contributed by atoms with Crippen LogP contribution >= 0.6 is 0 Å². The molecule has 9 aromatic rings. The van der Waals surface area contributed by atoms with Gasteiger partial charge in [0.15, 0.2) is 5.82 Å². The quantitative estimate of drug-likeness (QED) is 0.160. The van der Waals surface area contributed by atoms with Crippen molar-refractivity contribution in [3.8, 4) is 45.3 Å². The summed E-state index contributed by atoms with van der Waals surface area (Å²) in [5.74, 6) is 0.688. The van der Waals surface area contributed by atoms with Gasteiger partial charge in [-0.25, -0.2) is 9.97 Å². The van der Waals surface area contributed by atoms with Crippen LogP contribution in [0.25, 0.3) is 84.1 Å². The van der Waals surface area contributed by atoms with Crippen LogP contribution in [0.2, 0.25) is 0 Å². The van der Waals surface area contributed by atoms with E-state index >= 15 is 0 Å². The number of aryl methyl sites for hydroxylation is 1. The maximum atomic E-state index is 5.26. The second kappa shape index (κ2) is 12.6. The molecule has 0 aliphatic heterocycles. The zero-order chi connectivity index (χ0) is 34.3. The Hall–Kier alpha value is -6.78. The van der Waals surface area contributed by atoms with Crippen LogP contribution in [0.3, 0.4) is 0 Å². The Labute approximate surface area is 296 Å². The molecule has 0 saturated carbocycles. The van der Waals surface area contributed by atoms with Gasteiger partial charge in [0.25, 0.3) is 0 Å². The third-order valence-corrected chi connectivity index (χ3v) is 9.69. The van der Waals surface area contributed by atoms with Crippen LogP contribution in [0.1, 0.15) is 11.3 Å². The van der Waals surface area contributed by atoms with E-state index in [0.717, 1.165) is 61.7 Å². The second-order valence-electron chi connectivity index (χ2n) is 12.8. The second-order valence-corrected chi connectivity index (χ2v) is 12.8. The summed E-state index contributed by atoms with van der Waals surface area (Å²) in [5.41, 5.74) is 12.6. The molecule has 3 aromatic heterocycles. The lowest BCUT2D eigenvalue weighted by Crippen LogP contribution is -2.03. The van der Waals surface area contributed by atoms with Gasteiger partial charge in [-0.3, -0.25) is 0 Å². The molecule has 0 N–H and O–H groups in total. The van der Waals surface area contributed by atoms with Gasteiger partial charge >= 0.3 is 0 Å². The molecule has 51 heavy (non-hydrogen) atoms. The highest BCUT2D eigenvalue weighted by Crippen LogP contribution is 2.38. The molecule has 0 unspecified atom stereocenters. The Morgan fingerprint density at radius 3 is 1.59 bits per heavy atom. The highest BCUT2D eigenvalue weighted by atomic mass is 15.0. The van der Waals surface area contributed by atoms with E-state index < -0.39 is 0 Å². The van der Waals surface area contributed by atoms with Crippen molar-refractivity contribution in [3.63, 3.8) is 0 Å². The molecule has 0 amide bonds. The minimum absolute atomic E-state index is 0.688. The molecule has 0 aliphatic carbocycles. The largest absolute Gasteiger partial charge is 0.309 e. The Bertz CT molecular complexity index is 2660.